The summed E-state index contributed by atoms with van der Waals surface area (Å²) in [5.74, 6) is 1.12. The van der Waals surface area contributed by atoms with Crippen molar-refractivity contribution >= 4 is 33.1 Å². The van der Waals surface area contributed by atoms with Crippen LogP contribution in [-0.4, -0.2) is 9.97 Å². The molecule has 2 heterocycles. The maximum absolute atomic E-state index is 5.89. The van der Waals surface area contributed by atoms with Gasteiger partial charge in [-0.2, -0.15) is 11.3 Å². The molecule has 0 saturated heterocycles. The summed E-state index contributed by atoms with van der Waals surface area (Å²) in [5, 5.41) is 4.07. The van der Waals surface area contributed by atoms with Gasteiger partial charge in [0.15, 0.2) is 5.82 Å². The molecule has 0 unspecified atom stereocenters. The van der Waals surface area contributed by atoms with Gasteiger partial charge in [-0.05, 0) is 15.9 Å². The molecule has 3 aromatic rings. The highest BCUT2D eigenvalue weighted by Gasteiger charge is 2.10. The minimum Gasteiger partial charge on any atom is -0.384 e. The fraction of sp³-hybridized carbons (Fsp3) is 0. The van der Waals surface area contributed by atoms with Gasteiger partial charge in [-0.1, -0.05) is 30.3 Å². The molecule has 19 heavy (non-hydrogen) atoms. The van der Waals surface area contributed by atoms with E-state index < -0.39 is 0 Å². The first-order valence-corrected chi connectivity index (χ1v) is 7.39. The Labute approximate surface area is 123 Å². The molecule has 0 aliphatic carbocycles. The molecule has 0 fully saturated rings. The van der Waals surface area contributed by atoms with Crippen LogP contribution in [0, 0.1) is 0 Å². The Bertz CT molecular complexity index is 710. The zero-order valence-corrected chi connectivity index (χ0v) is 12.3. The van der Waals surface area contributed by atoms with Crippen LogP contribution in [0.3, 0.4) is 0 Å². The summed E-state index contributed by atoms with van der Waals surface area (Å²) in [7, 11) is 0. The number of hydrogen-bond acceptors (Lipinski definition) is 4. The van der Waals surface area contributed by atoms with Gasteiger partial charge in [-0.3, -0.25) is 0 Å². The van der Waals surface area contributed by atoms with E-state index in [9.17, 15) is 0 Å². The Kier molecular flexibility index (Phi) is 3.31. The zero-order valence-electron chi connectivity index (χ0n) is 9.88. The van der Waals surface area contributed by atoms with Crippen molar-refractivity contribution in [3.05, 3.63) is 51.6 Å². The number of anilines is 1. The average Bonchev–Trinajstić information content (AvgIpc) is 2.85. The molecular formula is C14H10BrN3S. The van der Waals surface area contributed by atoms with E-state index >= 15 is 0 Å². The van der Waals surface area contributed by atoms with Crippen LogP contribution in [0.2, 0.25) is 0 Å². The summed E-state index contributed by atoms with van der Waals surface area (Å²) in [6, 6.07) is 11.6. The first-order valence-electron chi connectivity index (χ1n) is 5.66. The minimum atomic E-state index is 0.474. The number of rotatable bonds is 2. The Balaban J connectivity index is 2.14. The van der Waals surface area contributed by atoms with Crippen molar-refractivity contribution < 1.29 is 0 Å². The molecule has 0 spiro atoms. The molecule has 0 radical (unpaired) electrons. The molecule has 5 heteroatoms. The van der Waals surface area contributed by atoms with Crippen LogP contribution < -0.4 is 5.73 Å². The van der Waals surface area contributed by atoms with E-state index in [0.29, 0.717) is 11.6 Å². The van der Waals surface area contributed by atoms with E-state index in [0.717, 1.165) is 21.3 Å². The first-order chi connectivity index (χ1) is 9.24. The molecule has 3 rings (SSSR count). The second-order valence-electron chi connectivity index (χ2n) is 4.00. The largest absolute Gasteiger partial charge is 0.384 e. The molecule has 0 amide bonds. The van der Waals surface area contributed by atoms with Gasteiger partial charge in [0.25, 0.3) is 0 Å². The third-order valence-corrected chi connectivity index (χ3v) is 4.37. The lowest BCUT2D eigenvalue weighted by atomic mass is 10.2. The standard InChI is InChI=1S/C14H10BrN3S/c15-11-8-19-7-10(11)12-6-13(16)18-14(17-12)9-4-2-1-3-5-9/h1-8H,(H2,16,17,18). The quantitative estimate of drug-likeness (QED) is 0.764. The SMILES string of the molecule is Nc1cc(-c2cscc2Br)nc(-c2ccccc2)n1. The van der Waals surface area contributed by atoms with Crippen molar-refractivity contribution in [3.8, 4) is 22.6 Å². The predicted molar refractivity (Wildman–Crippen MR) is 82.9 cm³/mol. The van der Waals surface area contributed by atoms with Crippen molar-refractivity contribution in [1.29, 1.82) is 0 Å². The van der Waals surface area contributed by atoms with Crippen LogP contribution in [0.1, 0.15) is 0 Å². The molecule has 94 valence electrons. The third-order valence-electron chi connectivity index (χ3n) is 2.67. The highest BCUT2D eigenvalue weighted by molar-refractivity contribution is 9.10. The van der Waals surface area contributed by atoms with E-state index in [1.807, 2.05) is 41.1 Å². The normalized spacial score (nSPS) is 10.6. The molecule has 2 aromatic heterocycles. The van der Waals surface area contributed by atoms with Crippen LogP contribution in [0.4, 0.5) is 5.82 Å². The molecule has 1 aromatic carbocycles. The Morgan fingerprint density at radius 3 is 2.53 bits per heavy atom. The number of thiophene rings is 1. The number of nitrogens with two attached hydrogens (primary N) is 1. The van der Waals surface area contributed by atoms with E-state index in [-0.39, 0.29) is 0 Å². The zero-order chi connectivity index (χ0) is 13.2. The maximum atomic E-state index is 5.89. The van der Waals surface area contributed by atoms with E-state index in [1.54, 1.807) is 17.4 Å². The van der Waals surface area contributed by atoms with Crippen molar-refractivity contribution in [2.45, 2.75) is 0 Å². The van der Waals surface area contributed by atoms with Crippen LogP contribution in [0.15, 0.2) is 51.6 Å². The van der Waals surface area contributed by atoms with Gasteiger partial charge in [0.1, 0.15) is 5.82 Å². The summed E-state index contributed by atoms with van der Waals surface area (Å²) >= 11 is 5.14. The summed E-state index contributed by atoms with van der Waals surface area (Å²) in [6.07, 6.45) is 0. The van der Waals surface area contributed by atoms with Gasteiger partial charge in [-0.15, -0.1) is 0 Å². The number of aromatic nitrogens is 2. The van der Waals surface area contributed by atoms with Crippen molar-refractivity contribution in [1.82, 2.24) is 9.97 Å². The Morgan fingerprint density at radius 2 is 1.84 bits per heavy atom. The molecule has 0 saturated carbocycles. The van der Waals surface area contributed by atoms with Gasteiger partial charge >= 0.3 is 0 Å². The lowest BCUT2D eigenvalue weighted by Crippen LogP contribution is -1.97. The second-order valence-corrected chi connectivity index (χ2v) is 5.60. The number of benzene rings is 1. The molecule has 3 nitrogen and oxygen atoms in total. The highest BCUT2D eigenvalue weighted by atomic mass is 79.9. The average molecular weight is 332 g/mol. The number of halogens is 1. The van der Waals surface area contributed by atoms with Gasteiger partial charge < -0.3 is 5.73 Å². The van der Waals surface area contributed by atoms with Crippen LogP contribution in [0.5, 0.6) is 0 Å². The summed E-state index contributed by atoms with van der Waals surface area (Å²) < 4.78 is 1.02. The van der Waals surface area contributed by atoms with Crippen LogP contribution >= 0.6 is 27.3 Å². The summed E-state index contributed by atoms with van der Waals surface area (Å²) in [6.45, 7) is 0. The number of nitrogens with zero attached hydrogens (tertiary/aromatic N) is 2. The second kappa shape index (κ2) is 5.11. The topological polar surface area (TPSA) is 51.8 Å². The van der Waals surface area contributed by atoms with Crippen LogP contribution in [0.25, 0.3) is 22.6 Å². The van der Waals surface area contributed by atoms with E-state index in [1.165, 1.54) is 0 Å². The fourth-order valence-corrected chi connectivity index (χ4v) is 3.28. The predicted octanol–water partition coefficient (Wildman–Crippen LogP) is 4.22. The van der Waals surface area contributed by atoms with Crippen LogP contribution in [-0.2, 0) is 0 Å². The highest BCUT2D eigenvalue weighted by Crippen LogP contribution is 2.32. The molecule has 2 N–H and O–H groups in total. The third kappa shape index (κ3) is 2.52. The van der Waals surface area contributed by atoms with Gasteiger partial charge in [0.05, 0.1) is 5.69 Å². The van der Waals surface area contributed by atoms with Crippen molar-refractivity contribution in [2.75, 3.05) is 5.73 Å². The van der Waals surface area contributed by atoms with Crippen molar-refractivity contribution in [3.63, 3.8) is 0 Å². The summed E-state index contributed by atoms with van der Waals surface area (Å²) in [4.78, 5) is 8.89. The van der Waals surface area contributed by atoms with Crippen molar-refractivity contribution in [2.24, 2.45) is 0 Å². The van der Waals surface area contributed by atoms with Gasteiger partial charge in [0.2, 0.25) is 0 Å². The minimum absolute atomic E-state index is 0.474. The molecular weight excluding hydrogens is 322 g/mol. The lowest BCUT2D eigenvalue weighted by Gasteiger charge is -2.05. The smallest absolute Gasteiger partial charge is 0.162 e. The summed E-state index contributed by atoms with van der Waals surface area (Å²) in [5.41, 5.74) is 8.72. The van der Waals surface area contributed by atoms with E-state index in [2.05, 4.69) is 25.9 Å². The molecule has 0 atom stereocenters. The number of hydrogen-bond donors (Lipinski definition) is 1. The Morgan fingerprint density at radius 1 is 1.05 bits per heavy atom. The first kappa shape index (κ1) is 12.3. The maximum Gasteiger partial charge on any atom is 0.162 e. The molecule has 0 aliphatic rings. The van der Waals surface area contributed by atoms with Gasteiger partial charge in [0, 0.05) is 32.4 Å². The lowest BCUT2D eigenvalue weighted by molar-refractivity contribution is 1.19. The molecule has 0 aliphatic heterocycles. The number of nitrogen functional groups attached to an aromatic ring is 1. The monoisotopic (exact) mass is 331 g/mol. The Hall–Kier alpha value is -1.72. The van der Waals surface area contributed by atoms with E-state index in [4.69, 9.17) is 5.73 Å². The molecule has 0 bridgehead atoms. The fourth-order valence-electron chi connectivity index (χ4n) is 1.78. The van der Waals surface area contributed by atoms with Gasteiger partial charge in [-0.25, -0.2) is 9.97 Å².